The number of rotatable bonds is 2. The first-order valence-electron chi connectivity index (χ1n) is 3.52. The quantitative estimate of drug-likeness (QED) is 0.593. The smallest absolute Gasteiger partial charge is 0.406 e. The lowest BCUT2D eigenvalue weighted by Gasteiger charge is -2.09. The Morgan fingerprint density at radius 2 is 1.93 bits per heavy atom. The van der Waals surface area contributed by atoms with Crippen molar-refractivity contribution in [3.05, 3.63) is 23.8 Å². The van der Waals surface area contributed by atoms with Crippen LogP contribution >= 0.6 is 0 Å². The van der Waals surface area contributed by atoms with Crippen molar-refractivity contribution >= 4 is 12.0 Å². The molecule has 6 heteroatoms. The third-order valence-corrected chi connectivity index (χ3v) is 1.32. The molecule has 1 rings (SSSR count). The predicted octanol–water partition coefficient (Wildman–Crippen LogP) is 1.98. The van der Waals surface area contributed by atoms with Crippen LogP contribution in [0.3, 0.4) is 0 Å². The van der Waals surface area contributed by atoms with Crippen LogP contribution in [0.1, 0.15) is 10.4 Å². The number of anilines is 1. The Bertz CT molecular complexity index is 349. The van der Waals surface area contributed by atoms with Crippen LogP contribution in [0.4, 0.5) is 18.9 Å². The molecule has 0 radical (unpaired) electrons. The highest BCUT2D eigenvalue weighted by Gasteiger charge is 2.31. The van der Waals surface area contributed by atoms with Crippen LogP contribution in [0.5, 0.6) is 5.75 Å². The van der Waals surface area contributed by atoms with Crippen molar-refractivity contribution in [3.63, 3.8) is 0 Å². The Hall–Kier alpha value is -1.72. The van der Waals surface area contributed by atoms with E-state index in [9.17, 15) is 18.0 Å². The van der Waals surface area contributed by atoms with Crippen LogP contribution in [0.15, 0.2) is 18.2 Å². The van der Waals surface area contributed by atoms with Crippen LogP contribution in [0.25, 0.3) is 0 Å². The lowest BCUT2D eigenvalue weighted by atomic mass is 10.2. The van der Waals surface area contributed by atoms with E-state index in [-0.39, 0.29) is 11.3 Å². The molecule has 0 unspecified atom stereocenters. The van der Waals surface area contributed by atoms with E-state index in [0.717, 1.165) is 12.1 Å². The van der Waals surface area contributed by atoms with Gasteiger partial charge in [-0.25, -0.2) is 0 Å². The number of ether oxygens (including phenoxy) is 1. The van der Waals surface area contributed by atoms with Crippen molar-refractivity contribution in [2.24, 2.45) is 0 Å². The van der Waals surface area contributed by atoms with Gasteiger partial charge in [0.15, 0.2) is 0 Å². The third kappa shape index (κ3) is 2.96. The van der Waals surface area contributed by atoms with Crippen molar-refractivity contribution < 1.29 is 22.7 Å². The van der Waals surface area contributed by atoms with E-state index in [0.29, 0.717) is 6.29 Å². The lowest BCUT2D eigenvalue weighted by molar-refractivity contribution is -0.274. The molecule has 0 spiro atoms. The van der Waals surface area contributed by atoms with Crippen LogP contribution < -0.4 is 10.5 Å². The van der Waals surface area contributed by atoms with Gasteiger partial charge in [0.1, 0.15) is 12.0 Å². The summed E-state index contributed by atoms with van der Waals surface area (Å²) in [6.45, 7) is 0. The van der Waals surface area contributed by atoms with Gasteiger partial charge >= 0.3 is 6.36 Å². The largest absolute Gasteiger partial charge is 0.573 e. The van der Waals surface area contributed by atoms with E-state index in [1.165, 1.54) is 6.07 Å². The fourth-order valence-corrected chi connectivity index (χ4v) is 0.907. The minimum Gasteiger partial charge on any atom is -0.406 e. The van der Waals surface area contributed by atoms with Crippen LogP contribution in [-0.2, 0) is 0 Å². The Labute approximate surface area is 77.3 Å². The van der Waals surface area contributed by atoms with Gasteiger partial charge in [0.05, 0.1) is 0 Å². The van der Waals surface area contributed by atoms with Crippen molar-refractivity contribution in [3.8, 4) is 5.75 Å². The normalized spacial score (nSPS) is 11.1. The topological polar surface area (TPSA) is 52.3 Å². The first kappa shape index (κ1) is 10.4. The van der Waals surface area contributed by atoms with E-state index in [1.54, 1.807) is 0 Å². The summed E-state index contributed by atoms with van der Waals surface area (Å²) in [5, 5.41) is 0. The maximum absolute atomic E-state index is 11.8. The Morgan fingerprint density at radius 1 is 1.29 bits per heavy atom. The lowest BCUT2D eigenvalue weighted by Crippen LogP contribution is -2.17. The molecule has 3 nitrogen and oxygen atoms in total. The highest BCUT2D eigenvalue weighted by molar-refractivity contribution is 5.77. The van der Waals surface area contributed by atoms with Crippen molar-refractivity contribution in [2.75, 3.05) is 5.73 Å². The molecular weight excluding hydrogens is 199 g/mol. The van der Waals surface area contributed by atoms with Gasteiger partial charge in [0, 0.05) is 17.3 Å². The van der Waals surface area contributed by atoms with E-state index >= 15 is 0 Å². The van der Waals surface area contributed by atoms with Crippen LogP contribution in [0, 0.1) is 0 Å². The molecule has 0 heterocycles. The summed E-state index contributed by atoms with van der Waals surface area (Å²) in [6, 6.07) is 3.19. The van der Waals surface area contributed by atoms with Gasteiger partial charge in [-0.1, -0.05) is 0 Å². The molecule has 1 aromatic rings. The second-order valence-corrected chi connectivity index (χ2v) is 2.50. The zero-order valence-corrected chi connectivity index (χ0v) is 6.84. The third-order valence-electron chi connectivity index (χ3n) is 1.32. The average molecular weight is 205 g/mol. The van der Waals surface area contributed by atoms with Gasteiger partial charge in [-0.2, -0.15) is 0 Å². The molecule has 0 amide bonds. The summed E-state index contributed by atoms with van der Waals surface area (Å²) in [7, 11) is 0. The van der Waals surface area contributed by atoms with E-state index in [4.69, 9.17) is 5.73 Å². The first-order chi connectivity index (χ1) is 6.40. The molecule has 76 valence electrons. The summed E-state index contributed by atoms with van der Waals surface area (Å²) in [5.74, 6) is -0.500. The number of nitrogen functional groups attached to an aromatic ring is 1. The standard InChI is InChI=1S/C8H6F3NO2/c9-8(10,11)14-7-2-5(4-13)1-6(12)3-7/h1-4H,12H2. The second-order valence-electron chi connectivity index (χ2n) is 2.50. The molecule has 0 saturated carbocycles. The number of halogens is 3. The molecule has 0 atom stereocenters. The van der Waals surface area contributed by atoms with E-state index in [1.807, 2.05) is 0 Å². The summed E-state index contributed by atoms with van der Waals surface area (Å²) < 4.78 is 38.9. The molecular formula is C8H6F3NO2. The molecule has 0 aliphatic rings. The van der Waals surface area contributed by atoms with Gasteiger partial charge < -0.3 is 10.5 Å². The van der Waals surface area contributed by atoms with Gasteiger partial charge in [-0.15, -0.1) is 13.2 Å². The molecule has 14 heavy (non-hydrogen) atoms. The monoisotopic (exact) mass is 205 g/mol. The zero-order valence-electron chi connectivity index (χ0n) is 6.84. The van der Waals surface area contributed by atoms with Crippen molar-refractivity contribution in [2.45, 2.75) is 6.36 Å². The fraction of sp³-hybridized carbons (Fsp3) is 0.125. The molecule has 2 N–H and O–H groups in total. The predicted molar refractivity (Wildman–Crippen MR) is 42.9 cm³/mol. The average Bonchev–Trinajstić information content (AvgIpc) is 1.99. The van der Waals surface area contributed by atoms with Crippen LogP contribution in [0.2, 0.25) is 0 Å². The summed E-state index contributed by atoms with van der Waals surface area (Å²) in [6.07, 6.45) is -4.40. The van der Waals surface area contributed by atoms with Crippen molar-refractivity contribution in [1.82, 2.24) is 0 Å². The summed E-state index contributed by atoms with van der Waals surface area (Å²) >= 11 is 0. The SMILES string of the molecule is Nc1cc(C=O)cc(OC(F)(F)F)c1. The number of hydrogen-bond acceptors (Lipinski definition) is 3. The molecule has 0 fully saturated rings. The number of benzene rings is 1. The summed E-state index contributed by atoms with van der Waals surface area (Å²) in [5.41, 5.74) is 5.32. The first-order valence-corrected chi connectivity index (χ1v) is 3.52. The molecule has 0 aliphatic carbocycles. The number of hydrogen-bond donors (Lipinski definition) is 1. The Balaban J connectivity index is 2.98. The minimum atomic E-state index is -4.78. The van der Waals surface area contributed by atoms with Gasteiger partial charge in [0.2, 0.25) is 0 Å². The number of nitrogens with two attached hydrogens (primary N) is 1. The van der Waals surface area contributed by atoms with Gasteiger partial charge in [0.25, 0.3) is 0 Å². The molecule has 0 saturated heterocycles. The van der Waals surface area contributed by atoms with Gasteiger partial charge in [-0.05, 0) is 12.1 Å². The van der Waals surface area contributed by atoms with Crippen LogP contribution in [-0.4, -0.2) is 12.6 Å². The second kappa shape index (κ2) is 3.57. The molecule has 0 aliphatic heterocycles. The fourth-order valence-electron chi connectivity index (χ4n) is 0.907. The Kier molecular flexibility index (Phi) is 2.64. The maximum atomic E-state index is 11.8. The number of carbonyl (C=O) groups excluding carboxylic acids is 1. The number of carbonyl (C=O) groups is 1. The highest BCUT2D eigenvalue weighted by Crippen LogP contribution is 2.25. The molecule has 0 bridgehead atoms. The number of alkyl halides is 3. The Morgan fingerprint density at radius 3 is 2.43 bits per heavy atom. The van der Waals surface area contributed by atoms with E-state index in [2.05, 4.69) is 4.74 Å². The number of aldehydes is 1. The zero-order chi connectivity index (χ0) is 10.8. The van der Waals surface area contributed by atoms with Gasteiger partial charge in [-0.3, -0.25) is 4.79 Å². The molecule has 1 aromatic carbocycles. The van der Waals surface area contributed by atoms with E-state index < -0.39 is 12.1 Å². The summed E-state index contributed by atoms with van der Waals surface area (Å²) in [4.78, 5) is 10.3. The van der Waals surface area contributed by atoms with Crippen molar-refractivity contribution in [1.29, 1.82) is 0 Å². The maximum Gasteiger partial charge on any atom is 0.573 e. The minimum absolute atomic E-state index is 0.0317. The molecule has 0 aromatic heterocycles. The highest BCUT2D eigenvalue weighted by atomic mass is 19.4.